The van der Waals surface area contributed by atoms with Gasteiger partial charge in [0.05, 0.1) is 16.9 Å². The molecular weight excluding hydrogens is 284 g/mol. The highest BCUT2D eigenvalue weighted by Crippen LogP contribution is 2.46. The summed E-state index contributed by atoms with van der Waals surface area (Å²) >= 11 is 6.36. The molecule has 0 bridgehead atoms. The molecule has 4 heteroatoms. The number of benzene rings is 1. The Labute approximate surface area is 130 Å². The molecule has 1 aliphatic carbocycles. The van der Waals surface area contributed by atoms with Crippen molar-refractivity contribution in [2.45, 2.75) is 51.2 Å². The molecule has 21 heavy (non-hydrogen) atoms. The lowest BCUT2D eigenvalue weighted by Gasteiger charge is -2.37. The van der Waals surface area contributed by atoms with Crippen LogP contribution >= 0.6 is 11.6 Å². The molecule has 2 unspecified atom stereocenters. The average molecular weight is 305 g/mol. The smallest absolute Gasteiger partial charge is 0.133 e. The van der Waals surface area contributed by atoms with E-state index in [4.69, 9.17) is 11.6 Å². The van der Waals surface area contributed by atoms with Gasteiger partial charge in [0, 0.05) is 6.54 Å². The summed E-state index contributed by atoms with van der Waals surface area (Å²) in [7, 11) is 0. The van der Waals surface area contributed by atoms with Gasteiger partial charge in [-0.2, -0.15) is 5.10 Å². The summed E-state index contributed by atoms with van der Waals surface area (Å²) < 4.78 is 1.86. The number of fused-ring (bicyclic) bond motifs is 1. The fraction of sp³-hybridized carbons (Fsp3) is 0.471. The molecule has 0 fully saturated rings. The number of hydrogen-bond donors (Lipinski definition) is 1. The van der Waals surface area contributed by atoms with Gasteiger partial charge in [-0.3, -0.25) is 4.68 Å². The lowest BCUT2D eigenvalue weighted by Crippen LogP contribution is -2.35. The maximum Gasteiger partial charge on any atom is 0.133 e. The first-order chi connectivity index (χ1) is 10.1. The molecule has 1 aromatic carbocycles. The number of aryl methyl sites for hydroxylation is 1. The van der Waals surface area contributed by atoms with Crippen LogP contribution in [0.15, 0.2) is 30.5 Å². The van der Waals surface area contributed by atoms with Gasteiger partial charge >= 0.3 is 0 Å². The standard InChI is InChI=1S/C17H21ClN2O/c1-3-10-20-16(15(18)11-19-20)17(21)9-8-12(2)13-6-4-5-7-14(13)17/h4-7,11-12,21H,3,8-10H2,1-2H3. The van der Waals surface area contributed by atoms with Crippen molar-refractivity contribution < 1.29 is 5.11 Å². The topological polar surface area (TPSA) is 38.0 Å². The number of rotatable bonds is 3. The van der Waals surface area contributed by atoms with Crippen LogP contribution in [0.5, 0.6) is 0 Å². The lowest BCUT2D eigenvalue weighted by atomic mass is 9.73. The zero-order valence-corrected chi connectivity index (χ0v) is 13.3. The molecule has 112 valence electrons. The molecule has 3 rings (SSSR count). The molecule has 1 aromatic heterocycles. The highest BCUT2D eigenvalue weighted by atomic mass is 35.5. The summed E-state index contributed by atoms with van der Waals surface area (Å²) in [6.07, 6.45) is 4.23. The molecule has 2 atom stereocenters. The summed E-state index contributed by atoms with van der Waals surface area (Å²) in [4.78, 5) is 0. The van der Waals surface area contributed by atoms with Gasteiger partial charge in [0.2, 0.25) is 0 Å². The van der Waals surface area contributed by atoms with Gasteiger partial charge in [0.1, 0.15) is 5.60 Å². The van der Waals surface area contributed by atoms with Crippen LogP contribution < -0.4 is 0 Å². The monoisotopic (exact) mass is 304 g/mol. The molecule has 0 spiro atoms. The predicted octanol–water partition coefficient (Wildman–Crippen LogP) is 4.08. The molecule has 3 nitrogen and oxygen atoms in total. The Kier molecular flexibility index (Phi) is 3.80. The van der Waals surface area contributed by atoms with Crippen LogP contribution in [0, 0.1) is 0 Å². The Morgan fingerprint density at radius 1 is 1.43 bits per heavy atom. The molecule has 1 aliphatic rings. The molecule has 0 aliphatic heterocycles. The lowest BCUT2D eigenvalue weighted by molar-refractivity contribution is 0.0486. The Hall–Kier alpha value is -1.32. The molecule has 0 saturated heterocycles. The number of hydrogen-bond acceptors (Lipinski definition) is 2. The summed E-state index contributed by atoms with van der Waals surface area (Å²) in [6, 6.07) is 8.14. The normalized spacial score (nSPS) is 24.9. The molecule has 0 saturated carbocycles. The molecule has 1 heterocycles. The van der Waals surface area contributed by atoms with Crippen molar-refractivity contribution in [1.82, 2.24) is 9.78 Å². The van der Waals surface area contributed by atoms with Crippen molar-refractivity contribution in [3.63, 3.8) is 0 Å². The quantitative estimate of drug-likeness (QED) is 0.928. The van der Waals surface area contributed by atoms with Crippen molar-refractivity contribution in [2.24, 2.45) is 0 Å². The van der Waals surface area contributed by atoms with E-state index in [9.17, 15) is 5.11 Å². The van der Waals surface area contributed by atoms with Crippen molar-refractivity contribution in [2.75, 3.05) is 0 Å². The van der Waals surface area contributed by atoms with Gasteiger partial charge in [0.25, 0.3) is 0 Å². The Bertz CT molecular complexity index is 652. The first kappa shape index (κ1) is 14.6. The minimum absolute atomic E-state index is 0.461. The molecule has 1 N–H and O–H groups in total. The Morgan fingerprint density at radius 3 is 2.95 bits per heavy atom. The van der Waals surface area contributed by atoms with Crippen LogP contribution in [0.1, 0.15) is 55.8 Å². The van der Waals surface area contributed by atoms with Crippen molar-refractivity contribution >= 4 is 11.6 Å². The summed E-state index contributed by atoms with van der Waals surface area (Å²) in [5.74, 6) is 0.461. The van der Waals surface area contributed by atoms with Crippen LogP contribution in [0.3, 0.4) is 0 Å². The molecule has 0 radical (unpaired) electrons. The Balaban J connectivity index is 2.18. The third-order valence-electron chi connectivity index (χ3n) is 4.50. The first-order valence-corrected chi connectivity index (χ1v) is 7.99. The summed E-state index contributed by atoms with van der Waals surface area (Å²) in [5.41, 5.74) is 1.90. The molecular formula is C17H21ClN2O. The van der Waals surface area contributed by atoms with E-state index in [0.717, 1.165) is 30.6 Å². The van der Waals surface area contributed by atoms with Gasteiger partial charge in [-0.25, -0.2) is 0 Å². The van der Waals surface area contributed by atoms with Gasteiger partial charge in [-0.15, -0.1) is 0 Å². The van der Waals surface area contributed by atoms with Gasteiger partial charge in [0.15, 0.2) is 0 Å². The van der Waals surface area contributed by atoms with E-state index in [1.54, 1.807) is 6.20 Å². The van der Waals surface area contributed by atoms with E-state index in [0.29, 0.717) is 17.4 Å². The minimum atomic E-state index is -1.04. The number of aliphatic hydroxyl groups is 1. The van der Waals surface area contributed by atoms with Gasteiger partial charge in [-0.1, -0.05) is 49.7 Å². The van der Waals surface area contributed by atoms with E-state index in [1.807, 2.05) is 22.9 Å². The summed E-state index contributed by atoms with van der Waals surface area (Å²) in [5, 5.41) is 16.3. The highest BCUT2D eigenvalue weighted by Gasteiger charge is 2.42. The van der Waals surface area contributed by atoms with E-state index < -0.39 is 5.60 Å². The minimum Gasteiger partial charge on any atom is -0.379 e. The number of nitrogens with zero attached hydrogens (tertiary/aromatic N) is 2. The molecule has 2 aromatic rings. The van der Waals surface area contributed by atoms with Crippen LogP contribution in [-0.4, -0.2) is 14.9 Å². The maximum atomic E-state index is 11.4. The second-order valence-corrected chi connectivity index (χ2v) is 6.36. The van der Waals surface area contributed by atoms with Crippen LogP contribution in [0.25, 0.3) is 0 Å². The van der Waals surface area contributed by atoms with Crippen molar-refractivity contribution in [3.8, 4) is 0 Å². The third kappa shape index (κ3) is 2.29. The fourth-order valence-corrected chi connectivity index (χ4v) is 3.72. The molecule has 0 amide bonds. The fourth-order valence-electron chi connectivity index (χ4n) is 3.42. The predicted molar refractivity (Wildman–Crippen MR) is 84.6 cm³/mol. The average Bonchev–Trinajstić information content (AvgIpc) is 2.86. The second-order valence-electron chi connectivity index (χ2n) is 5.95. The van der Waals surface area contributed by atoms with Crippen molar-refractivity contribution in [3.05, 3.63) is 52.3 Å². The van der Waals surface area contributed by atoms with Crippen LogP contribution in [-0.2, 0) is 12.1 Å². The van der Waals surface area contributed by atoms with E-state index >= 15 is 0 Å². The van der Waals surface area contributed by atoms with Gasteiger partial charge in [-0.05, 0) is 36.3 Å². The maximum absolute atomic E-state index is 11.4. The van der Waals surface area contributed by atoms with Crippen LogP contribution in [0.2, 0.25) is 5.02 Å². The second kappa shape index (κ2) is 5.47. The first-order valence-electron chi connectivity index (χ1n) is 7.61. The van der Waals surface area contributed by atoms with Crippen LogP contribution in [0.4, 0.5) is 0 Å². The number of aromatic nitrogens is 2. The zero-order valence-electron chi connectivity index (χ0n) is 12.5. The summed E-state index contributed by atoms with van der Waals surface area (Å²) in [6.45, 7) is 5.08. The van der Waals surface area contributed by atoms with Crippen molar-refractivity contribution in [1.29, 1.82) is 0 Å². The Morgan fingerprint density at radius 2 is 2.19 bits per heavy atom. The highest BCUT2D eigenvalue weighted by molar-refractivity contribution is 6.31. The number of halogens is 1. The van der Waals surface area contributed by atoms with E-state index in [2.05, 4.69) is 25.0 Å². The zero-order chi connectivity index (χ0) is 15.0. The van der Waals surface area contributed by atoms with E-state index in [1.165, 1.54) is 5.56 Å². The van der Waals surface area contributed by atoms with Gasteiger partial charge < -0.3 is 5.11 Å². The third-order valence-corrected chi connectivity index (χ3v) is 4.77. The largest absolute Gasteiger partial charge is 0.379 e. The van der Waals surface area contributed by atoms with E-state index in [-0.39, 0.29) is 0 Å². The SMILES string of the molecule is CCCn1ncc(Cl)c1C1(O)CCC(C)c2ccccc21.